The van der Waals surface area contributed by atoms with Gasteiger partial charge >= 0.3 is 5.97 Å². The van der Waals surface area contributed by atoms with E-state index >= 15 is 0 Å². The average molecular weight is 264 g/mol. The second-order valence-electron chi connectivity index (χ2n) is 4.71. The van der Waals surface area contributed by atoms with Crippen LogP contribution in [0, 0.1) is 5.41 Å². The third kappa shape index (κ3) is 2.61. The largest absolute Gasteiger partial charge is 0.481 e. The third-order valence-electron chi connectivity index (χ3n) is 3.29. The Morgan fingerprint density at radius 2 is 2.06 bits per heavy atom. The molecule has 7 heteroatoms. The van der Waals surface area contributed by atoms with E-state index in [0.717, 1.165) is 10.7 Å². The predicted molar refractivity (Wildman–Crippen MR) is 63.8 cm³/mol. The fourth-order valence-electron chi connectivity index (χ4n) is 2.23. The van der Waals surface area contributed by atoms with E-state index < -0.39 is 21.6 Å². The molecule has 100 valence electrons. The van der Waals surface area contributed by atoms with E-state index in [-0.39, 0.29) is 13.1 Å². The van der Waals surface area contributed by atoms with Crippen LogP contribution in [0.5, 0.6) is 0 Å². The third-order valence-corrected chi connectivity index (χ3v) is 5.18. The van der Waals surface area contributed by atoms with Crippen LogP contribution in [0.15, 0.2) is 0 Å². The molecule has 1 atom stereocenters. The first kappa shape index (κ1) is 14.4. The normalized spacial score (nSPS) is 26.6. The van der Waals surface area contributed by atoms with E-state index in [0.29, 0.717) is 12.8 Å². The van der Waals surface area contributed by atoms with Gasteiger partial charge in [0.2, 0.25) is 0 Å². The molecule has 0 radical (unpaired) electrons. The predicted octanol–water partition coefficient (Wildman–Crippen LogP) is 0.370. The van der Waals surface area contributed by atoms with Gasteiger partial charge in [-0.2, -0.15) is 17.0 Å². The molecule has 1 rings (SSSR count). The number of carbonyl (C=O) groups is 1. The van der Waals surface area contributed by atoms with Gasteiger partial charge in [-0.25, -0.2) is 0 Å². The zero-order valence-corrected chi connectivity index (χ0v) is 11.3. The Labute approximate surface area is 102 Å². The van der Waals surface area contributed by atoms with Gasteiger partial charge in [-0.3, -0.25) is 4.79 Å². The zero-order valence-electron chi connectivity index (χ0n) is 10.5. The van der Waals surface area contributed by atoms with Crippen molar-refractivity contribution < 1.29 is 18.3 Å². The minimum Gasteiger partial charge on any atom is -0.481 e. The van der Waals surface area contributed by atoms with Crippen molar-refractivity contribution in [2.75, 3.05) is 27.2 Å². The van der Waals surface area contributed by atoms with Gasteiger partial charge in [-0.15, -0.1) is 0 Å². The maximum Gasteiger partial charge on any atom is 0.311 e. The number of carboxylic acids is 1. The van der Waals surface area contributed by atoms with Gasteiger partial charge in [0.05, 0.1) is 5.41 Å². The molecule has 1 aliphatic rings. The molecule has 0 amide bonds. The minimum atomic E-state index is -3.50. The summed E-state index contributed by atoms with van der Waals surface area (Å²) in [5, 5.41) is 9.28. The van der Waals surface area contributed by atoms with Crippen molar-refractivity contribution in [1.82, 2.24) is 8.61 Å². The minimum absolute atomic E-state index is 0.0800. The zero-order chi connectivity index (χ0) is 13.3. The molecule has 1 fully saturated rings. The van der Waals surface area contributed by atoms with E-state index in [1.165, 1.54) is 18.4 Å². The number of rotatable bonds is 5. The Bertz CT molecular complexity index is 393. The summed E-state index contributed by atoms with van der Waals surface area (Å²) in [5.74, 6) is -0.893. The van der Waals surface area contributed by atoms with Crippen LogP contribution in [0.2, 0.25) is 0 Å². The van der Waals surface area contributed by atoms with Crippen LogP contribution in [0.1, 0.15) is 26.2 Å². The van der Waals surface area contributed by atoms with Gasteiger partial charge in [0.1, 0.15) is 0 Å². The maximum absolute atomic E-state index is 11.9. The monoisotopic (exact) mass is 264 g/mol. The summed E-state index contributed by atoms with van der Waals surface area (Å²) in [6.07, 6.45) is 1.65. The van der Waals surface area contributed by atoms with Crippen LogP contribution in [-0.2, 0) is 15.0 Å². The molecular weight excluding hydrogens is 244 g/mol. The van der Waals surface area contributed by atoms with Gasteiger partial charge < -0.3 is 5.11 Å². The Morgan fingerprint density at radius 3 is 2.47 bits per heavy atom. The first-order chi connectivity index (χ1) is 7.76. The topological polar surface area (TPSA) is 77.9 Å². The van der Waals surface area contributed by atoms with Gasteiger partial charge in [0.15, 0.2) is 0 Å². The molecule has 1 saturated heterocycles. The van der Waals surface area contributed by atoms with E-state index in [1.807, 2.05) is 6.92 Å². The van der Waals surface area contributed by atoms with Crippen molar-refractivity contribution in [1.29, 1.82) is 0 Å². The number of hydrogen-bond acceptors (Lipinski definition) is 3. The SMILES string of the molecule is CCCC1(C(=O)O)CCN(S(=O)(=O)N(C)C)C1. The Kier molecular flexibility index (Phi) is 4.16. The van der Waals surface area contributed by atoms with Crippen molar-refractivity contribution in [2.45, 2.75) is 26.2 Å². The van der Waals surface area contributed by atoms with Gasteiger partial charge in [0, 0.05) is 27.2 Å². The molecule has 1 unspecified atom stereocenters. The molecule has 0 aromatic rings. The lowest BCUT2D eigenvalue weighted by molar-refractivity contribution is -0.148. The fourth-order valence-corrected chi connectivity index (χ4v) is 3.42. The molecule has 6 nitrogen and oxygen atoms in total. The highest BCUT2D eigenvalue weighted by Gasteiger charge is 2.47. The van der Waals surface area contributed by atoms with Crippen molar-refractivity contribution in [3.8, 4) is 0 Å². The summed E-state index contributed by atoms with van der Waals surface area (Å²) in [6.45, 7) is 2.28. The summed E-state index contributed by atoms with van der Waals surface area (Å²) in [6, 6.07) is 0. The van der Waals surface area contributed by atoms with Crippen LogP contribution in [0.25, 0.3) is 0 Å². The first-order valence-electron chi connectivity index (χ1n) is 5.67. The summed E-state index contributed by atoms with van der Waals surface area (Å²) in [4.78, 5) is 11.3. The van der Waals surface area contributed by atoms with Gasteiger partial charge in [-0.1, -0.05) is 13.3 Å². The van der Waals surface area contributed by atoms with Gasteiger partial charge in [-0.05, 0) is 12.8 Å². The lowest BCUT2D eigenvalue weighted by Gasteiger charge is -2.25. The lowest BCUT2D eigenvalue weighted by atomic mass is 9.83. The smallest absolute Gasteiger partial charge is 0.311 e. The number of nitrogens with zero attached hydrogens (tertiary/aromatic N) is 2. The summed E-state index contributed by atoms with van der Waals surface area (Å²) >= 11 is 0. The van der Waals surface area contributed by atoms with Crippen LogP contribution in [-0.4, -0.2) is 55.3 Å². The highest BCUT2D eigenvalue weighted by atomic mass is 32.2. The average Bonchev–Trinajstić information content (AvgIpc) is 2.64. The standard InChI is InChI=1S/C10H20N2O4S/c1-4-5-10(9(13)14)6-7-12(8-10)17(15,16)11(2)3/h4-8H2,1-3H3,(H,13,14). The van der Waals surface area contributed by atoms with Crippen molar-refractivity contribution in [3.05, 3.63) is 0 Å². The van der Waals surface area contributed by atoms with Crippen LogP contribution in [0.3, 0.4) is 0 Å². The number of aliphatic carboxylic acids is 1. The number of carboxylic acid groups (broad SMARTS) is 1. The molecule has 0 aliphatic carbocycles. The lowest BCUT2D eigenvalue weighted by Crippen LogP contribution is -2.41. The molecular formula is C10H20N2O4S. The quantitative estimate of drug-likeness (QED) is 0.778. The van der Waals surface area contributed by atoms with E-state index in [9.17, 15) is 18.3 Å². The second kappa shape index (κ2) is 4.91. The van der Waals surface area contributed by atoms with E-state index in [4.69, 9.17) is 0 Å². The fraction of sp³-hybridized carbons (Fsp3) is 0.900. The summed E-state index contributed by atoms with van der Waals surface area (Å²) < 4.78 is 26.2. The summed E-state index contributed by atoms with van der Waals surface area (Å²) in [5.41, 5.74) is -0.905. The number of hydrogen-bond donors (Lipinski definition) is 1. The Balaban J connectivity index is 2.91. The highest BCUT2D eigenvalue weighted by molar-refractivity contribution is 7.86. The van der Waals surface area contributed by atoms with Crippen LogP contribution < -0.4 is 0 Å². The molecule has 0 aromatic heterocycles. The molecule has 0 aromatic carbocycles. The molecule has 0 bridgehead atoms. The van der Waals surface area contributed by atoms with Crippen LogP contribution in [0.4, 0.5) is 0 Å². The highest BCUT2D eigenvalue weighted by Crippen LogP contribution is 2.37. The van der Waals surface area contributed by atoms with Gasteiger partial charge in [0.25, 0.3) is 10.2 Å². The molecule has 0 spiro atoms. The second-order valence-corrected chi connectivity index (χ2v) is 6.85. The Hall–Kier alpha value is -0.660. The molecule has 0 saturated carbocycles. The maximum atomic E-state index is 11.9. The molecule has 17 heavy (non-hydrogen) atoms. The van der Waals surface area contributed by atoms with Crippen molar-refractivity contribution in [3.63, 3.8) is 0 Å². The Morgan fingerprint density at radius 1 is 1.47 bits per heavy atom. The first-order valence-corrected chi connectivity index (χ1v) is 7.07. The molecule has 1 heterocycles. The van der Waals surface area contributed by atoms with E-state index in [2.05, 4.69) is 0 Å². The van der Waals surface area contributed by atoms with Crippen molar-refractivity contribution in [2.24, 2.45) is 5.41 Å². The molecule has 1 N–H and O–H groups in total. The molecule has 1 aliphatic heterocycles. The summed E-state index contributed by atoms with van der Waals surface area (Å²) in [7, 11) is -0.588. The van der Waals surface area contributed by atoms with E-state index in [1.54, 1.807) is 0 Å². The van der Waals surface area contributed by atoms with Crippen molar-refractivity contribution >= 4 is 16.2 Å². The van der Waals surface area contributed by atoms with Crippen LogP contribution >= 0.6 is 0 Å².